The van der Waals surface area contributed by atoms with Crippen molar-refractivity contribution in [3.8, 4) is 22.5 Å². The summed E-state index contributed by atoms with van der Waals surface area (Å²) < 4.78 is 18.5. The molecular formula is C19H18N6O2S2. The molecule has 4 aromatic rings. The number of pyridine rings is 1. The molecule has 0 radical (unpaired) electrons. The topological polar surface area (TPSA) is 117 Å². The normalized spacial score (nSPS) is 12.3. The van der Waals surface area contributed by atoms with E-state index < -0.39 is 10.8 Å². The minimum Gasteiger partial charge on any atom is -0.396 e. The van der Waals surface area contributed by atoms with Crippen molar-refractivity contribution in [2.75, 3.05) is 25.2 Å². The standard InChI is InChI=1S/C19H18N6O2S2/c1-27-5-2-6-29(26)19-17(20)16-13(15-10-21-3-4-24-15)7-14(25-18(16)28-19)12-8-22-11-23-9-12/h3-4,7-11H,2,5-6,20H2,1H3/t29-/m1/s1. The Balaban J connectivity index is 1.89. The second kappa shape index (κ2) is 8.68. The predicted octanol–water partition coefficient (Wildman–Crippen LogP) is 2.94. The Morgan fingerprint density at radius 1 is 1.14 bits per heavy atom. The van der Waals surface area contributed by atoms with Gasteiger partial charge in [0.05, 0.1) is 34.1 Å². The van der Waals surface area contributed by atoms with E-state index in [0.717, 1.165) is 16.5 Å². The Bertz CT molecular complexity index is 1150. The molecule has 148 valence electrons. The zero-order valence-electron chi connectivity index (χ0n) is 15.6. The molecule has 2 N–H and O–H groups in total. The molecule has 0 aromatic carbocycles. The molecule has 10 heteroatoms. The fourth-order valence-corrected chi connectivity index (χ4v) is 5.54. The van der Waals surface area contributed by atoms with Crippen molar-refractivity contribution in [3.63, 3.8) is 0 Å². The van der Waals surface area contributed by atoms with Crippen LogP contribution in [0, 0.1) is 0 Å². The largest absolute Gasteiger partial charge is 0.396 e. The quantitative estimate of drug-likeness (QED) is 0.448. The maximum Gasteiger partial charge on any atom is 0.127 e. The Labute approximate surface area is 173 Å². The summed E-state index contributed by atoms with van der Waals surface area (Å²) in [5.41, 5.74) is 9.84. The van der Waals surface area contributed by atoms with Crippen LogP contribution >= 0.6 is 11.3 Å². The molecule has 0 fully saturated rings. The number of aromatic nitrogens is 5. The maximum atomic E-state index is 12.8. The predicted molar refractivity (Wildman–Crippen MR) is 114 cm³/mol. The number of nitrogens with zero attached hydrogens (tertiary/aromatic N) is 5. The number of methoxy groups -OCH3 is 1. The number of ether oxygens (including phenoxy) is 1. The van der Waals surface area contributed by atoms with Gasteiger partial charge >= 0.3 is 0 Å². The van der Waals surface area contributed by atoms with E-state index in [-0.39, 0.29) is 0 Å². The van der Waals surface area contributed by atoms with E-state index in [1.165, 1.54) is 17.7 Å². The van der Waals surface area contributed by atoms with Gasteiger partial charge in [-0.3, -0.25) is 14.2 Å². The van der Waals surface area contributed by atoms with E-state index in [1.807, 2.05) is 6.07 Å². The van der Waals surface area contributed by atoms with Crippen LogP contribution in [0.25, 0.3) is 32.7 Å². The van der Waals surface area contributed by atoms with E-state index in [0.29, 0.717) is 44.9 Å². The smallest absolute Gasteiger partial charge is 0.127 e. The molecule has 4 aromatic heterocycles. The Hall–Kier alpha value is -2.82. The highest BCUT2D eigenvalue weighted by atomic mass is 32.2. The SMILES string of the molecule is COCCC[S@@](=O)c1sc2nc(-c3cncnc3)cc(-c3cnccn3)c2c1N. The van der Waals surface area contributed by atoms with Crippen molar-refractivity contribution in [2.45, 2.75) is 10.6 Å². The van der Waals surface area contributed by atoms with Crippen molar-refractivity contribution < 1.29 is 8.95 Å². The van der Waals surface area contributed by atoms with Gasteiger partial charge in [0.25, 0.3) is 0 Å². The molecule has 1 atom stereocenters. The van der Waals surface area contributed by atoms with E-state index in [1.54, 1.807) is 38.1 Å². The van der Waals surface area contributed by atoms with Crippen molar-refractivity contribution >= 4 is 38.0 Å². The lowest BCUT2D eigenvalue weighted by Gasteiger charge is -2.07. The summed E-state index contributed by atoms with van der Waals surface area (Å²) in [6, 6.07) is 1.89. The van der Waals surface area contributed by atoms with Gasteiger partial charge in [0.15, 0.2) is 0 Å². The van der Waals surface area contributed by atoms with E-state index in [9.17, 15) is 4.21 Å². The molecule has 0 saturated heterocycles. The van der Waals surface area contributed by atoms with Gasteiger partial charge in [0, 0.05) is 60.8 Å². The second-order valence-corrected chi connectivity index (χ2v) is 8.92. The van der Waals surface area contributed by atoms with Crippen LogP contribution in [0.1, 0.15) is 6.42 Å². The van der Waals surface area contributed by atoms with Crippen LogP contribution in [0.15, 0.2) is 47.6 Å². The van der Waals surface area contributed by atoms with Gasteiger partial charge in [-0.1, -0.05) is 0 Å². The first-order valence-corrected chi connectivity index (χ1v) is 10.9. The summed E-state index contributed by atoms with van der Waals surface area (Å²) in [6.07, 6.45) is 10.5. The molecule has 4 rings (SSSR count). The summed E-state index contributed by atoms with van der Waals surface area (Å²) in [4.78, 5) is 22.2. The Morgan fingerprint density at radius 2 is 1.97 bits per heavy atom. The summed E-state index contributed by atoms with van der Waals surface area (Å²) in [5, 5.41) is 0.742. The number of hydrogen-bond acceptors (Lipinski definition) is 9. The average Bonchev–Trinajstić information content (AvgIpc) is 3.11. The molecule has 0 aliphatic heterocycles. The first-order valence-electron chi connectivity index (χ1n) is 8.81. The Morgan fingerprint density at radius 3 is 2.69 bits per heavy atom. The van der Waals surface area contributed by atoms with Crippen molar-refractivity contribution in [1.82, 2.24) is 24.9 Å². The zero-order valence-corrected chi connectivity index (χ0v) is 17.2. The summed E-state index contributed by atoms with van der Waals surface area (Å²) >= 11 is 1.34. The first-order chi connectivity index (χ1) is 14.2. The maximum absolute atomic E-state index is 12.8. The molecule has 8 nitrogen and oxygen atoms in total. The number of hydrogen-bond donors (Lipinski definition) is 1. The van der Waals surface area contributed by atoms with Crippen LogP contribution in [0.2, 0.25) is 0 Å². The van der Waals surface area contributed by atoms with Crippen LogP contribution < -0.4 is 5.73 Å². The van der Waals surface area contributed by atoms with Crippen LogP contribution in [-0.2, 0) is 15.5 Å². The number of thiophene rings is 1. The van der Waals surface area contributed by atoms with Crippen molar-refractivity contribution in [2.24, 2.45) is 0 Å². The number of nitrogens with two attached hydrogens (primary N) is 1. The third kappa shape index (κ3) is 4.00. The number of nitrogen functional groups attached to an aromatic ring is 1. The fraction of sp³-hybridized carbons (Fsp3) is 0.211. The lowest BCUT2D eigenvalue weighted by Crippen LogP contribution is -2.02. The number of anilines is 1. The highest BCUT2D eigenvalue weighted by Gasteiger charge is 2.21. The van der Waals surface area contributed by atoms with Crippen LogP contribution in [0.4, 0.5) is 5.69 Å². The monoisotopic (exact) mass is 426 g/mol. The van der Waals surface area contributed by atoms with Gasteiger partial charge < -0.3 is 10.5 Å². The van der Waals surface area contributed by atoms with E-state index in [4.69, 9.17) is 15.5 Å². The van der Waals surface area contributed by atoms with E-state index >= 15 is 0 Å². The Kier molecular flexibility index (Phi) is 5.84. The third-order valence-electron chi connectivity index (χ3n) is 4.25. The van der Waals surface area contributed by atoms with E-state index in [2.05, 4.69) is 19.9 Å². The van der Waals surface area contributed by atoms with Gasteiger partial charge in [-0.25, -0.2) is 15.0 Å². The molecule has 0 aliphatic carbocycles. The highest BCUT2D eigenvalue weighted by Crippen LogP contribution is 2.42. The molecule has 0 amide bonds. The molecular weight excluding hydrogens is 408 g/mol. The van der Waals surface area contributed by atoms with Gasteiger partial charge in [-0.2, -0.15) is 0 Å². The number of rotatable bonds is 7. The fourth-order valence-electron chi connectivity index (χ4n) is 2.92. The average molecular weight is 427 g/mol. The molecule has 0 saturated carbocycles. The van der Waals surface area contributed by atoms with Gasteiger partial charge in [-0.15, -0.1) is 11.3 Å². The zero-order chi connectivity index (χ0) is 20.2. The van der Waals surface area contributed by atoms with Crippen LogP contribution in [0.3, 0.4) is 0 Å². The molecule has 0 aliphatic rings. The molecule has 29 heavy (non-hydrogen) atoms. The van der Waals surface area contributed by atoms with Crippen molar-refractivity contribution in [3.05, 3.63) is 43.4 Å². The van der Waals surface area contributed by atoms with Crippen molar-refractivity contribution in [1.29, 1.82) is 0 Å². The second-order valence-electron chi connectivity index (χ2n) is 6.15. The number of fused-ring (bicyclic) bond motifs is 1. The third-order valence-corrected chi connectivity index (χ3v) is 7.24. The lowest BCUT2D eigenvalue weighted by molar-refractivity contribution is 0.200. The highest BCUT2D eigenvalue weighted by molar-refractivity contribution is 7.87. The van der Waals surface area contributed by atoms with Crippen LogP contribution in [0.5, 0.6) is 0 Å². The van der Waals surface area contributed by atoms with Gasteiger partial charge in [0.2, 0.25) is 0 Å². The molecule has 0 spiro atoms. The first kappa shape index (κ1) is 19.5. The lowest BCUT2D eigenvalue weighted by atomic mass is 10.1. The van der Waals surface area contributed by atoms with Gasteiger partial charge in [-0.05, 0) is 12.5 Å². The molecule has 0 unspecified atom stereocenters. The molecule has 4 heterocycles. The summed E-state index contributed by atoms with van der Waals surface area (Å²) in [5.74, 6) is 0.477. The summed E-state index contributed by atoms with van der Waals surface area (Å²) in [7, 11) is 0.396. The summed E-state index contributed by atoms with van der Waals surface area (Å²) in [6.45, 7) is 0.553. The minimum atomic E-state index is -1.23. The van der Waals surface area contributed by atoms with Crippen LogP contribution in [-0.4, -0.2) is 48.6 Å². The molecule has 0 bridgehead atoms. The minimum absolute atomic E-state index is 0.477. The van der Waals surface area contributed by atoms with Gasteiger partial charge in [0.1, 0.15) is 15.4 Å².